The number of aliphatic hydroxyl groups is 1. The van der Waals surface area contributed by atoms with Crippen molar-refractivity contribution < 1.29 is 24.6 Å². The van der Waals surface area contributed by atoms with Crippen molar-refractivity contribution in [3.05, 3.63) is 0 Å². The summed E-state index contributed by atoms with van der Waals surface area (Å²) in [7, 11) is 1.27. The Morgan fingerprint density at radius 1 is 1.47 bits per heavy atom. The zero-order valence-corrected chi connectivity index (χ0v) is 8.14. The first-order valence-electron chi connectivity index (χ1n) is 4.02. The van der Waals surface area contributed by atoms with Crippen molar-refractivity contribution >= 4 is 17.9 Å². The van der Waals surface area contributed by atoms with Crippen LogP contribution < -0.4 is 11.1 Å². The number of carbonyl (C=O) groups is 3. The lowest BCUT2D eigenvalue weighted by molar-refractivity contribution is -0.140. The minimum absolute atomic E-state index is 0.330. The first-order chi connectivity index (χ1) is 6.88. The Bertz CT molecular complexity index is 267. The molecule has 8 heteroatoms. The van der Waals surface area contributed by atoms with E-state index in [9.17, 15) is 14.4 Å². The zero-order chi connectivity index (χ0) is 12.0. The summed E-state index contributed by atoms with van der Waals surface area (Å²) in [4.78, 5) is 33.0. The minimum Gasteiger partial charge on any atom is -0.480 e. The smallest absolute Gasteiger partial charge is 0.328 e. The minimum atomic E-state index is -1.40. The van der Waals surface area contributed by atoms with E-state index in [2.05, 4.69) is 0 Å². The molecule has 0 saturated heterocycles. The fraction of sp³-hybridized carbons (Fsp3) is 0.571. The van der Waals surface area contributed by atoms with Gasteiger partial charge in [0.1, 0.15) is 6.54 Å². The van der Waals surface area contributed by atoms with Gasteiger partial charge in [-0.3, -0.25) is 4.79 Å². The number of nitrogens with zero attached hydrogens (tertiary/aromatic N) is 1. The number of likely N-dealkylation sites (N-methyl/N-ethyl adjacent to an activating group) is 1. The molecule has 5 N–H and O–H groups in total. The molecule has 0 bridgehead atoms. The first kappa shape index (κ1) is 13.2. The van der Waals surface area contributed by atoms with Gasteiger partial charge in [0, 0.05) is 7.05 Å². The van der Waals surface area contributed by atoms with Crippen LogP contribution in [0.5, 0.6) is 0 Å². The second-order valence-corrected chi connectivity index (χ2v) is 2.85. The molecule has 15 heavy (non-hydrogen) atoms. The Kier molecular flexibility index (Phi) is 5.10. The Balaban J connectivity index is 4.21. The van der Waals surface area contributed by atoms with Crippen LogP contribution in [-0.2, 0) is 9.59 Å². The average Bonchev–Trinajstić information content (AvgIpc) is 2.11. The lowest BCUT2D eigenvalue weighted by Gasteiger charge is -2.18. The highest BCUT2D eigenvalue weighted by atomic mass is 16.4. The van der Waals surface area contributed by atoms with Gasteiger partial charge in [-0.05, 0) is 0 Å². The summed E-state index contributed by atoms with van der Waals surface area (Å²) in [5.74, 6) is -2.08. The molecule has 0 aromatic heterocycles. The van der Waals surface area contributed by atoms with Gasteiger partial charge in [0.15, 0.2) is 6.04 Å². The van der Waals surface area contributed by atoms with Crippen molar-refractivity contribution in [1.29, 1.82) is 0 Å². The van der Waals surface area contributed by atoms with Crippen molar-refractivity contribution in [3.8, 4) is 0 Å². The van der Waals surface area contributed by atoms with Crippen LogP contribution in [0.3, 0.4) is 0 Å². The maximum atomic E-state index is 11.2. The van der Waals surface area contributed by atoms with E-state index in [-0.39, 0.29) is 6.54 Å². The van der Waals surface area contributed by atoms with Crippen molar-refractivity contribution in [2.45, 2.75) is 6.04 Å². The number of rotatable bonds is 5. The zero-order valence-electron chi connectivity index (χ0n) is 8.14. The van der Waals surface area contributed by atoms with E-state index in [1.807, 2.05) is 5.32 Å². The van der Waals surface area contributed by atoms with Crippen LogP contribution in [0.15, 0.2) is 0 Å². The number of nitrogens with two attached hydrogens (primary N) is 1. The van der Waals surface area contributed by atoms with E-state index in [1.165, 1.54) is 7.05 Å². The summed E-state index contributed by atoms with van der Waals surface area (Å²) in [6.45, 7) is -1.06. The van der Waals surface area contributed by atoms with E-state index in [1.54, 1.807) is 0 Å². The third-order valence-corrected chi connectivity index (χ3v) is 1.52. The fourth-order valence-corrected chi connectivity index (χ4v) is 0.750. The molecule has 0 aliphatic rings. The van der Waals surface area contributed by atoms with E-state index in [4.69, 9.17) is 15.9 Å². The molecular formula is C7H13N3O5. The fourth-order valence-electron chi connectivity index (χ4n) is 0.750. The predicted molar refractivity (Wildman–Crippen MR) is 48.9 cm³/mol. The van der Waals surface area contributed by atoms with Crippen LogP contribution in [0.4, 0.5) is 4.79 Å². The van der Waals surface area contributed by atoms with Crippen LogP contribution in [0, 0.1) is 0 Å². The maximum absolute atomic E-state index is 11.2. The Morgan fingerprint density at radius 3 is 2.33 bits per heavy atom. The van der Waals surface area contributed by atoms with Crippen molar-refractivity contribution in [3.63, 3.8) is 0 Å². The monoisotopic (exact) mass is 219 g/mol. The molecule has 0 spiro atoms. The molecule has 0 aromatic carbocycles. The van der Waals surface area contributed by atoms with Gasteiger partial charge in [-0.2, -0.15) is 0 Å². The highest BCUT2D eigenvalue weighted by Crippen LogP contribution is 1.88. The molecule has 0 heterocycles. The Labute approximate surface area is 85.7 Å². The highest BCUT2D eigenvalue weighted by Gasteiger charge is 2.21. The molecule has 8 nitrogen and oxygen atoms in total. The molecule has 0 fully saturated rings. The van der Waals surface area contributed by atoms with Crippen molar-refractivity contribution in [2.75, 3.05) is 20.2 Å². The normalized spacial score (nSPS) is 11.6. The lowest BCUT2D eigenvalue weighted by Crippen LogP contribution is -2.50. The summed E-state index contributed by atoms with van der Waals surface area (Å²) >= 11 is 0. The second kappa shape index (κ2) is 5.81. The molecule has 1 atom stereocenters. The molecule has 0 saturated carbocycles. The van der Waals surface area contributed by atoms with Gasteiger partial charge < -0.3 is 26.2 Å². The number of urea groups is 1. The van der Waals surface area contributed by atoms with Crippen LogP contribution in [0.25, 0.3) is 0 Å². The van der Waals surface area contributed by atoms with E-state index in [0.717, 1.165) is 4.90 Å². The maximum Gasteiger partial charge on any atom is 0.328 e. The number of carboxylic acids is 1. The molecule has 0 unspecified atom stereocenters. The van der Waals surface area contributed by atoms with Crippen LogP contribution in [0.2, 0.25) is 0 Å². The number of carbonyl (C=O) groups excluding carboxylic acids is 2. The van der Waals surface area contributed by atoms with Gasteiger partial charge in [-0.25, -0.2) is 9.59 Å². The third kappa shape index (κ3) is 4.81. The quantitative estimate of drug-likeness (QED) is 0.407. The Morgan fingerprint density at radius 2 is 2.00 bits per heavy atom. The summed E-state index contributed by atoms with van der Waals surface area (Å²) in [5.41, 5.74) is 4.83. The lowest BCUT2D eigenvalue weighted by atomic mass is 10.3. The SMILES string of the molecule is CN(CC(N)=O)C(=O)N[C@H](CO)C(=O)O. The summed E-state index contributed by atoms with van der Waals surface area (Å²) < 4.78 is 0. The largest absolute Gasteiger partial charge is 0.480 e. The number of hydrogen-bond donors (Lipinski definition) is 4. The molecule has 0 aromatic rings. The summed E-state index contributed by atoms with van der Waals surface area (Å²) in [6.07, 6.45) is 0. The highest BCUT2D eigenvalue weighted by molar-refractivity contribution is 5.85. The number of aliphatic carboxylic acids is 1. The van der Waals surface area contributed by atoms with Gasteiger partial charge in [-0.15, -0.1) is 0 Å². The third-order valence-electron chi connectivity index (χ3n) is 1.52. The molecule has 0 radical (unpaired) electrons. The van der Waals surface area contributed by atoms with Gasteiger partial charge in [0.25, 0.3) is 0 Å². The van der Waals surface area contributed by atoms with Gasteiger partial charge in [-0.1, -0.05) is 0 Å². The summed E-state index contributed by atoms with van der Waals surface area (Å²) in [6, 6.07) is -2.19. The van der Waals surface area contributed by atoms with Crippen molar-refractivity contribution in [2.24, 2.45) is 5.73 Å². The van der Waals surface area contributed by atoms with Gasteiger partial charge >= 0.3 is 12.0 Å². The van der Waals surface area contributed by atoms with Gasteiger partial charge in [0.2, 0.25) is 5.91 Å². The van der Waals surface area contributed by atoms with Crippen molar-refractivity contribution in [1.82, 2.24) is 10.2 Å². The number of carboxylic acid groups (broad SMARTS) is 1. The number of primary amides is 1. The topological polar surface area (TPSA) is 133 Å². The average molecular weight is 219 g/mol. The molecule has 0 aliphatic heterocycles. The molecule has 0 aliphatic carbocycles. The standard InChI is InChI=1S/C7H13N3O5/c1-10(2-5(8)12)7(15)9-4(3-11)6(13)14/h4,11H,2-3H2,1H3,(H2,8,12)(H,9,15)(H,13,14)/t4-/m1/s1. The Hall–Kier alpha value is -1.83. The number of hydrogen-bond acceptors (Lipinski definition) is 4. The van der Waals surface area contributed by atoms with Crippen LogP contribution in [-0.4, -0.2) is 59.3 Å². The number of amides is 3. The van der Waals surface area contributed by atoms with Gasteiger partial charge in [0.05, 0.1) is 6.61 Å². The van der Waals surface area contributed by atoms with E-state index < -0.39 is 30.6 Å². The summed E-state index contributed by atoms with van der Waals surface area (Å²) in [5, 5.41) is 19.1. The number of nitrogens with one attached hydrogen (secondary N) is 1. The number of aliphatic hydroxyl groups excluding tert-OH is 1. The molecule has 86 valence electrons. The molecule has 3 amide bonds. The van der Waals surface area contributed by atoms with Crippen LogP contribution >= 0.6 is 0 Å². The first-order valence-corrected chi connectivity index (χ1v) is 4.02. The molecule has 0 rings (SSSR count). The van der Waals surface area contributed by atoms with E-state index in [0.29, 0.717) is 0 Å². The molecular weight excluding hydrogens is 206 g/mol. The van der Waals surface area contributed by atoms with E-state index >= 15 is 0 Å². The predicted octanol–water partition coefficient (Wildman–Crippen LogP) is -2.44. The van der Waals surface area contributed by atoms with Crippen LogP contribution in [0.1, 0.15) is 0 Å². The second-order valence-electron chi connectivity index (χ2n) is 2.85.